The van der Waals surface area contributed by atoms with Crippen LogP contribution in [0.5, 0.6) is 0 Å². The molecule has 0 aliphatic carbocycles. The van der Waals surface area contributed by atoms with Crippen molar-refractivity contribution < 1.29 is 18.0 Å². The minimum absolute atomic E-state index is 0.0656. The van der Waals surface area contributed by atoms with Gasteiger partial charge in [0.15, 0.2) is 5.82 Å². The third-order valence-electron chi connectivity index (χ3n) is 2.55. The van der Waals surface area contributed by atoms with Crippen LogP contribution in [0, 0.1) is 24.5 Å². The number of para-hydroxylation sites is 1. The molecular weight excluding hydrogens is 257 g/mol. The van der Waals surface area contributed by atoms with E-state index in [1.807, 2.05) is 0 Å². The molecule has 1 heterocycles. The quantitative estimate of drug-likeness (QED) is 0.849. The molecule has 0 radical (unpaired) electrons. The van der Waals surface area contributed by atoms with E-state index in [1.165, 1.54) is 6.07 Å². The Morgan fingerprint density at radius 1 is 1.21 bits per heavy atom. The molecule has 0 atom stereocenters. The number of anilines is 1. The summed E-state index contributed by atoms with van der Waals surface area (Å²) in [5, 5.41) is 2.21. The molecule has 0 fully saturated rings. The Morgan fingerprint density at radius 2 is 1.95 bits per heavy atom. The van der Waals surface area contributed by atoms with Crippen LogP contribution in [-0.4, -0.2) is 10.9 Å². The van der Waals surface area contributed by atoms with Crippen LogP contribution < -0.4 is 5.32 Å². The number of rotatable bonds is 2. The molecule has 0 aliphatic rings. The number of hydrogen-bond acceptors (Lipinski definition) is 2. The van der Waals surface area contributed by atoms with E-state index in [-0.39, 0.29) is 5.69 Å². The van der Waals surface area contributed by atoms with E-state index in [0.29, 0.717) is 5.56 Å². The number of carbonyl (C=O) groups excluding carboxylic acids is 1. The molecule has 0 spiro atoms. The molecule has 2 rings (SSSR count). The van der Waals surface area contributed by atoms with Crippen molar-refractivity contribution >= 4 is 11.6 Å². The summed E-state index contributed by atoms with van der Waals surface area (Å²) in [7, 11) is 0. The van der Waals surface area contributed by atoms with Crippen molar-refractivity contribution in [2.45, 2.75) is 6.92 Å². The van der Waals surface area contributed by atoms with Gasteiger partial charge in [-0.05, 0) is 24.6 Å². The molecule has 1 amide bonds. The van der Waals surface area contributed by atoms with Gasteiger partial charge < -0.3 is 5.32 Å². The zero-order valence-corrected chi connectivity index (χ0v) is 9.88. The highest BCUT2D eigenvalue weighted by molar-refractivity contribution is 6.04. The van der Waals surface area contributed by atoms with Crippen LogP contribution >= 0.6 is 0 Å². The highest BCUT2D eigenvalue weighted by atomic mass is 19.2. The van der Waals surface area contributed by atoms with E-state index in [0.717, 1.165) is 18.3 Å². The maximum atomic E-state index is 13.5. The molecule has 0 saturated carbocycles. The van der Waals surface area contributed by atoms with Gasteiger partial charge in [0.05, 0.1) is 11.3 Å². The summed E-state index contributed by atoms with van der Waals surface area (Å²) in [5.41, 5.74) is -0.123. The topological polar surface area (TPSA) is 42.0 Å². The number of aromatic nitrogens is 1. The summed E-state index contributed by atoms with van der Waals surface area (Å²) in [6.45, 7) is 1.59. The molecule has 0 saturated heterocycles. The molecule has 0 bridgehead atoms. The number of nitrogens with zero attached hydrogens (tertiary/aromatic N) is 1. The summed E-state index contributed by atoms with van der Waals surface area (Å²) < 4.78 is 39.8. The Hall–Kier alpha value is -2.37. The summed E-state index contributed by atoms with van der Waals surface area (Å²) in [6, 6.07) is 5.24. The van der Waals surface area contributed by atoms with Crippen molar-refractivity contribution in [2.75, 3.05) is 5.32 Å². The third kappa shape index (κ3) is 2.57. The minimum Gasteiger partial charge on any atom is -0.319 e. The SMILES string of the molecule is Cc1cccc(F)c1NC(=O)c1ccnc(F)c1F. The lowest BCUT2D eigenvalue weighted by Crippen LogP contribution is -2.16. The lowest BCUT2D eigenvalue weighted by atomic mass is 10.1. The van der Waals surface area contributed by atoms with E-state index < -0.39 is 29.1 Å². The fourth-order valence-electron chi connectivity index (χ4n) is 1.56. The van der Waals surface area contributed by atoms with Gasteiger partial charge in [0.25, 0.3) is 5.91 Å². The van der Waals surface area contributed by atoms with Crippen molar-refractivity contribution in [1.82, 2.24) is 4.98 Å². The zero-order valence-electron chi connectivity index (χ0n) is 9.88. The van der Waals surface area contributed by atoms with Crippen LogP contribution in [0.15, 0.2) is 30.5 Å². The molecule has 2 aromatic rings. The minimum atomic E-state index is -1.38. The Bertz CT molecular complexity index is 624. The number of benzene rings is 1. The first kappa shape index (κ1) is 13.1. The van der Waals surface area contributed by atoms with Crippen LogP contribution in [0.1, 0.15) is 15.9 Å². The second-order valence-electron chi connectivity index (χ2n) is 3.85. The number of pyridine rings is 1. The number of aryl methyl sites for hydroxylation is 1. The van der Waals surface area contributed by atoms with Gasteiger partial charge in [-0.15, -0.1) is 0 Å². The molecule has 1 N–H and O–H groups in total. The van der Waals surface area contributed by atoms with Gasteiger partial charge in [0.1, 0.15) is 5.82 Å². The normalized spacial score (nSPS) is 10.3. The molecule has 19 heavy (non-hydrogen) atoms. The highest BCUT2D eigenvalue weighted by Gasteiger charge is 2.18. The van der Waals surface area contributed by atoms with Crippen molar-refractivity contribution in [3.05, 3.63) is 59.2 Å². The smallest absolute Gasteiger partial charge is 0.258 e. The molecule has 0 aliphatic heterocycles. The van der Waals surface area contributed by atoms with Crippen LogP contribution in [-0.2, 0) is 0 Å². The van der Waals surface area contributed by atoms with Gasteiger partial charge in [-0.2, -0.15) is 4.39 Å². The van der Waals surface area contributed by atoms with Gasteiger partial charge in [0, 0.05) is 6.20 Å². The van der Waals surface area contributed by atoms with Gasteiger partial charge in [0.2, 0.25) is 5.95 Å². The Balaban J connectivity index is 2.34. The second kappa shape index (κ2) is 5.09. The predicted molar refractivity (Wildman–Crippen MR) is 63.2 cm³/mol. The largest absolute Gasteiger partial charge is 0.319 e. The standard InChI is InChI=1S/C13H9F3N2O/c1-7-3-2-4-9(14)11(7)18-13(19)8-5-6-17-12(16)10(8)15/h2-6H,1H3,(H,18,19). The predicted octanol–water partition coefficient (Wildman–Crippen LogP) is 3.06. The molecular formula is C13H9F3N2O. The van der Waals surface area contributed by atoms with Crippen molar-refractivity contribution in [2.24, 2.45) is 0 Å². The van der Waals surface area contributed by atoms with Crippen LogP contribution in [0.2, 0.25) is 0 Å². The monoisotopic (exact) mass is 266 g/mol. The maximum Gasteiger partial charge on any atom is 0.258 e. The van der Waals surface area contributed by atoms with Gasteiger partial charge >= 0.3 is 0 Å². The molecule has 3 nitrogen and oxygen atoms in total. The molecule has 1 aromatic heterocycles. The number of nitrogens with one attached hydrogen (secondary N) is 1. The van der Waals surface area contributed by atoms with E-state index in [4.69, 9.17) is 0 Å². The third-order valence-corrected chi connectivity index (χ3v) is 2.55. The number of carbonyl (C=O) groups is 1. The first-order chi connectivity index (χ1) is 9.00. The van der Waals surface area contributed by atoms with Crippen molar-refractivity contribution in [3.63, 3.8) is 0 Å². The van der Waals surface area contributed by atoms with Crippen LogP contribution in [0.4, 0.5) is 18.9 Å². The molecule has 1 aromatic carbocycles. The van der Waals surface area contributed by atoms with E-state index >= 15 is 0 Å². The lowest BCUT2D eigenvalue weighted by molar-refractivity contribution is 0.102. The Kier molecular flexibility index (Phi) is 3.50. The average molecular weight is 266 g/mol. The Morgan fingerprint density at radius 3 is 2.63 bits per heavy atom. The second-order valence-corrected chi connectivity index (χ2v) is 3.85. The van der Waals surface area contributed by atoms with Gasteiger partial charge in [-0.25, -0.2) is 13.8 Å². The first-order valence-electron chi connectivity index (χ1n) is 5.37. The van der Waals surface area contributed by atoms with Crippen LogP contribution in [0.25, 0.3) is 0 Å². The summed E-state index contributed by atoms with van der Waals surface area (Å²) in [6.07, 6.45) is 0.960. The molecule has 0 unspecified atom stereocenters. The van der Waals surface area contributed by atoms with Gasteiger partial charge in [-0.1, -0.05) is 12.1 Å². The maximum absolute atomic E-state index is 13.5. The molecule has 98 valence electrons. The first-order valence-corrected chi connectivity index (χ1v) is 5.37. The average Bonchev–Trinajstić information content (AvgIpc) is 2.37. The lowest BCUT2D eigenvalue weighted by Gasteiger charge is -2.09. The number of amides is 1. The summed E-state index contributed by atoms with van der Waals surface area (Å²) >= 11 is 0. The fraction of sp³-hybridized carbons (Fsp3) is 0.0769. The zero-order chi connectivity index (χ0) is 14.0. The molecule has 6 heteroatoms. The fourth-order valence-corrected chi connectivity index (χ4v) is 1.56. The summed E-state index contributed by atoms with van der Waals surface area (Å²) in [4.78, 5) is 14.8. The number of halogens is 3. The number of hydrogen-bond donors (Lipinski definition) is 1. The van der Waals surface area contributed by atoms with Gasteiger partial charge in [-0.3, -0.25) is 4.79 Å². The van der Waals surface area contributed by atoms with Crippen molar-refractivity contribution in [3.8, 4) is 0 Å². The van der Waals surface area contributed by atoms with Crippen LogP contribution in [0.3, 0.4) is 0 Å². The van der Waals surface area contributed by atoms with E-state index in [1.54, 1.807) is 13.0 Å². The summed E-state index contributed by atoms with van der Waals surface area (Å²) in [5.74, 6) is -4.33. The van der Waals surface area contributed by atoms with E-state index in [2.05, 4.69) is 10.3 Å². The highest BCUT2D eigenvalue weighted by Crippen LogP contribution is 2.20. The Labute approximate surface area is 107 Å². The van der Waals surface area contributed by atoms with Crippen molar-refractivity contribution in [1.29, 1.82) is 0 Å². The van der Waals surface area contributed by atoms with E-state index in [9.17, 15) is 18.0 Å².